The SMILES string of the molecule is Cc1cc(C(C)Nc2ncccc2Cl)c(C)o1. The molecule has 1 unspecified atom stereocenters. The highest BCUT2D eigenvalue weighted by Gasteiger charge is 2.13. The largest absolute Gasteiger partial charge is 0.466 e. The maximum Gasteiger partial charge on any atom is 0.145 e. The summed E-state index contributed by atoms with van der Waals surface area (Å²) in [6.45, 7) is 5.96. The van der Waals surface area contributed by atoms with Crippen LogP contribution in [0.25, 0.3) is 0 Å². The topological polar surface area (TPSA) is 38.1 Å². The number of aromatic nitrogens is 1. The Bertz CT molecular complexity index is 522. The molecule has 0 saturated heterocycles. The number of pyridine rings is 1. The van der Waals surface area contributed by atoms with Gasteiger partial charge in [-0.1, -0.05) is 11.6 Å². The highest BCUT2D eigenvalue weighted by Crippen LogP contribution is 2.26. The van der Waals surface area contributed by atoms with Crippen LogP contribution < -0.4 is 5.32 Å². The summed E-state index contributed by atoms with van der Waals surface area (Å²) in [5.41, 5.74) is 1.13. The number of anilines is 1. The second kappa shape index (κ2) is 4.80. The minimum absolute atomic E-state index is 0.111. The molecule has 0 fully saturated rings. The maximum absolute atomic E-state index is 6.05. The molecule has 1 atom stereocenters. The number of nitrogens with zero attached hydrogens (tertiary/aromatic N) is 1. The summed E-state index contributed by atoms with van der Waals surface area (Å²) in [6.07, 6.45) is 1.72. The summed E-state index contributed by atoms with van der Waals surface area (Å²) in [5, 5.41) is 3.90. The van der Waals surface area contributed by atoms with Crippen LogP contribution in [0.1, 0.15) is 30.0 Å². The van der Waals surface area contributed by atoms with Gasteiger partial charge in [-0.3, -0.25) is 0 Å². The average molecular weight is 251 g/mol. The van der Waals surface area contributed by atoms with Crippen molar-refractivity contribution in [3.63, 3.8) is 0 Å². The standard InChI is InChI=1S/C13H15ClN2O/c1-8-7-11(10(3)17-8)9(2)16-13-12(14)5-4-6-15-13/h4-7,9H,1-3H3,(H,15,16). The van der Waals surface area contributed by atoms with E-state index in [2.05, 4.69) is 17.2 Å². The number of rotatable bonds is 3. The van der Waals surface area contributed by atoms with Gasteiger partial charge in [0.1, 0.15) is 17.3 Å². The summed E-state index contributed by atoms with van der Waals surface area (Å²) in [4.78, 5) is 4.21. The molecule has 0 aliphatic heterocycles. The van der Waals surface area contributed by atoms with E-state index < -0.39 is 0 Å². The molecule has 1 N–H and O–H groups in total. The first-order valence-electron chi connectivity index (χ1n) is 5.52. The van der Waals surface area contributed by atoms with Gasteiger partial charge in [-0.25, -0.2) is 4.98 Å². The summed E-state index contributed by atoms with van der Waals surface area (Å²) < 4.78 is 5.51. The van der Waals surface area contributed by atoms with Gasteiger partial charge >= 0.3 is 0 Å². The van der Waals surface area contributed by atoms with Gasteiger partial charge in [0.05, 0.1) is 11.1 Å². The normalized spacial score (nSPS) is 12.5. The van der Waals surface area contributed by atoms with Gasteiger partial charge in [-0.05, 0) is 39.0 Å². The lowest BCUT2D eigenvalue weighted by atomic mass is 10.1. The van der Waals surface area contributed by atoms with E-state index >= 15 is 0 Å². The zero-order valence-corrected chi connectivity index (χ0v) is 10.9. The van der Waals surface area contributed by atoms with Gasteiger partial charge in [0.25, 0.3) is 0 Å². The van der Waals surface area contributed by atoms with Crippen molar-refractivity contribution in [1.82, 2.24) is 4.98 Å². The molecular formula is C13H15ClN2O. The number of aryl methyl sites for hydroxylation is 2. The highest BCUT2D eigenvalue weighted by molar-refractivity contribution is 6.32. The second-order valence-corrected chi connectivity index (χ2v) is 4.48. The van der Waals surface area contributed by atoms with E-state index in [1.807, 2.05) is 32.0 Å². The molecule has 17 heavy (non-hydrogen) atoms. The number of hydrogen-bond acceptors (Lipinski definition) is 3. The van der Waals surface area contributed by atoms with Crippen molar-refractivity contribution in [2.24, 2.45) is 0 Å². The Kier molecular flexibility index (Phi) is 3.38. The zero-order valence-electron chi connectivity index (χ0n) is 10.1. The van der Waals surface area contributed by atoms with Crippen molar-refractivity contribution >= 4 is 17.4 Å². The second-order valence-electron chi connectivity index (χ2n) is 4.07. The number of nitrogens with one attached hydrogen (secondary N) is 1. The molecule has 0 bridgehead atoms. The van der Waals surface area contributed by atoms with E-state index in [1.165, 1.54) is 0 Å². The summed E-state index contributed by atoms with van der Waals surface area (Å²) >= 11 is 6.05. The van der Waals surface area contributed by atoms with Crippen LogP contribution >= 0.6 is 11.6 Å². The molecule has 0 spiro atoms. The minimum Gasteiger partial charge on any atom is -0.466 e. The molecule has 0 radical (unpaired) electrons. The molecule has 0 amide bonds. The van der Waals surface area contributed by atoms with E-state index in [1.54, 1.807) is 6.20 Å². The molecular weight excluding hydrogens is 236 g/mol. The molecule has 90 valence electrons. The summed E-state index contributed by atoms with van der Waals surface area (Å²) in [5.74, 6) is 2.53. The lowest BCUT2D eigenvalue weighted by molar-refractivity contribution is 0.500. The maximum atomic E-state index is 6.05. The smallest absolute Gasteiger partial charge is 0.145 e. The van der Waals surface area contributed by atoms with Crippen LogP contribution in [0.3, 0.4) is 0 Å². The molecule has 0 saturated carbocycles. The first-order valence-corrected chi connectivity index (χ1v) is 5.89. The summed E-state index contributed by atoms with van der Waals surface area (Å²) in [6, 6.07) is 5.77. The van der Waals surface area contributed by atoms with Crippen molar-refractivity contribution in [2.45, 2.75) is 26.8 Å². The average Bonchev–Trinajstić information content (AvgIpc) is 2.61. The lowest BCUT2D eigenvalue weighted by Gasteiger charge is -2.14. The minimum atomic E-state index is 0.111. The van der Waals surface area contributed by atoms with Crippen LogP contribution in [-0.2, 0) is 0 Å². The molecule has 2 aromatic heterocycles. The number of hydrogen-bond donors (Lipinski definition) is 1. The number of halogens is 1. The van der Waals surface area contributed by atoms with E-state index in [9.17, 15) is 0 Å². The van der Waals surface area contributed by atoms with Crippen molar-refractivity contribution in [3.05, 3.63) is 46.5 Å². The van der Waals surface area contributed by atoms with E-state index in [-0.39, 0.29) is 6.04 Å². The zero-order chi connectivity index (χ0) is 12.4. The first kappa shape index (κ1) is 12.0. The van der Waals surface area contributed by atoms with Gasteiger partial charge < -0.3 is 9.73 Å². The van der Waals surface area contributed by atoms with Gasteiger partial charge in [0, 0.05) is 11.8 Å². The highest BCUT2D eigenvalue weighted by atomic mass is 35.5. The van der Waals surface area contributed by atoms with Crippen molar-refractivity contribution in [2.75, 3.05) is 5.32 Å². The Morgan fingerprint density at radius 3 is 2.76 bits per heavy atom. The Hall–Kier alpha value is -1.48. The Labute approximate surface area is 106 Å². The van der Waals surface area contributed by atoms with Crippen LogP contribution in [0.15, 0.2) is 28.8 Å². The van der Waals surface area contributed by atoms with Crippen LogP contribution in [0.4, 0.5) is 5.82 Å². The van der Waals surface area contributed by atoms with Crippen LogP contribution in [0.5, 0.6) is 0 Å². The van der Waals surface area contributed by atoms with Gasteiger partial charge in [-0.15, -0.1) is 0 Å². The fourth-order valence-electron chi connectivity index (χ4n) is 1.86. The fraction of sp³-hybridized carbons (Fsp3) is 0.308. The molecule has 2 aromatic rings. The third-order valence-electron chi connectivity index (χ3n) is 2.66. The van der Waals surface area contributed by atoms with Crippen LogP contribution in [-0.4, -0.2) is 4.98 Å². The Morgan fingerprint density at radius 1 is 1.41 bits per heavy atom. The molecule has 0 aliphatic carbocycles. The third-order valence-corrected chi connectivity index (χ3v) is 2.96. The van der Waals surface area contributed by atoms with Crippen LogP contribution in [0.2, 0.25) is 5.02 Å². The molecule has 2 rings (SSSR count). The van der Waals surface area contributed by atoms with Gasteiger partial charge in [0.2, 0.25) is 0 Å². The van der Waals surface area contributed by atoms with Crippen molar-refractivity contribution < 1.29 is 4.42 Å². The predicted octanol–water partition coefficient (Wildman–Crippen LogP) is 4.12. The Balaban J connectivity index is 2.20. The first-order chi connectivity index (χ1) is 8.08. The molecule has 4 heteroatoms. The lowest BCUT2D eigenvalue weighted by Crippen LogP contribution is -2.08. The van der Waals surface area contributed by atoms with E-state index in [0.29, 0.717) is 10.8 Å². The van der Waals surface area contributed by atoms with Gasteiger partial charge in [0.15, 0.2) is 0 Å². The summed E-state index contributed by atoms with van der Waals surface area (Å²) in [7, 11) is 0. The van der Waals surface area contributed by atoms with Gasteiger partial charge in [-0.2, -0.15) is 0 Å². The quantitative estimate of drug-likeness (QED) is 0.891. The number of furan rings is 1. The molecule has 2 heterocycles. The Morgan fingerprint density at radius 2 is 2.18 bits per heavy atom. The van der Waals surface area contributed by atoms with E-state index in [0.717, 1.165) is 17.1 Å². The monoisotopic (exact) mass is 250 g/mol. The third kappa shape index (κ3) is 2.61. The molecule has 0 aliphatic rings. The molecule has 3 nitrogen and oxygen atoms in total. The predicted molar refractivity (Wildman–Crippen MR) is 69.5 cm³/mol. The fourth-order valence-corrected chi connectivity index (χ4v) is 2.03. The van der Waals surface area contributed by atoms with E-state index in [4.69, 9.17) is 16.0 Å². The van der Waals surface area contributed by atoms with Crippen molar-refractivity contribution in [1.29, 1.82) is 0 Å². The van der Waals surface area contributed by atoms with Crippen LogP contribution in [0, 0.1) is 13.8 Å². The van der Waals surface area contributed by atoms with Crippen molar-refractivity contribution in [3.8, 4) is 0 Å². The molecule has 0 aromatic carbocycles.